The molecule has 0 radical (unpaired) electrons. The van der Waals surface area contributed by atoms with E-state index in [0.29, 0.717) is 69.0 Å². The highest BCUT2D eigenvalue weighted by Crippen LogP contribution is 2.10. The quantitative estimate of drug-likeness (QED) is 0.629. The monoisotopic (exact) mass is 440 g/mol. The van der Waals surface area contributed by atoms with Crippen molar-refractivity contribution in [3.05, 3.63) is 58.1 Å². The molecule has 162 valence electrons. The molecule has 0 amide bonds. The summed E-state index contributed by atoms with van der Waals surface area (Å²) in [4.78, 5) is 26.3. The van der Waals surface area contributed by atoms with E-state index in [1.54, 1.807) is 37.0 Å². The van der Waals surface area contributed by atoms with Gasteiger partial charge in [-0.2, -0.15) is 0 Å². The normalized spacial score (nSPS) is 16.7. The summed E-state index contributed by atoms with van der Waals surface area (Å²) in [6.45, 7) is 4.21. The van der Waals surface area contributed by atoms with E-state index in [1.807, 2.05) is 18.2 Å². The zero-order valence-electron chi connectivity index (χ0n) is 17.2. The predicted molar refractivity (Wildman–Crippen MR) is 125 cm³/mol. The summed E-state index contributed by atoms with van der Waals surface area (Å²) >= 11 is 6.17. The van der Waals surface area contributed by atoms with E-state index in [4.69, 9.17) is 21.1 Å². The van der Waals surface area contributed by atoms with E-state index in [9.17, 15) is 0 Å². The van der Waals surface area contributed by atoms with Gasteiger partial charge in [-0.15, -0.1) is 0 Å². The Bertz CT molecular complexity index is 878. The van der Waals surface area contributed by atoms with Crippen molar-refractivity contribution in [1.82, 2.24) is 9.97 Å². The molecular formula is C22H25ClN6O2. The minimum absolute atomic E-state index is 0.505. The molecule has 31 heavy (non-hydrogen) atoms. The fourth-order valence-corrected chi connectivity index (χ4v) is 2.81. The number of fused-ring (bicyclic) bond motifs is 4. The van der Waals surface area contributed by atoms with Gasteiger partial charge in [0.1, 0.15) is 0 Å². The third-order valence-corrected chi connectivity index (χ3v) is 4.19. The highest BCUT2D eigenvalue weighted by molar-refractivity contribution is 6.31. The van der Waals surface area contributed by atoms with Crippen LogP contribution in [-0.4, -0.2) is 87.4 Å². The van der Waals surface area contributed by atoms with Gasteiger partial charge >= 0.3 is 0 Å². The number of pyridine rings is 2. The van der Waals surface area contributed by atoms with Crippen molar-refractivity contribution in [1.29, 1.82) is 0 Å². The highest BCUT2D eigenvalue weighted by Gasteiger charge is 1.98. The average molecular weight is 441 g/mol. The van der Waals surface area contributed by atoms with Gasteiger partial charge in [-0.05, 0) is 24.3 Å². The molecule has 0 spiro atoms. The Kier molecular flexibility index (Phi) is 9.95. The van der Waals surface area contributed by atoms with Crippen LogP contribution in [0.25, 0.3) is 0 Å². The number of aliphatic imine (C=N–C) groups is 4. The van der Waals surface area contributed by atoms with E-state index >= 15 is 0 Å². The molecule has 0 atom stereocenters. The van der Waals surface area contributed by atoms with Crippen molar-refractivity contribution in [3.63, 3.8) is 0 Å². The van der Waals surface area contributed by atoms with Crippen molar-refractivity contribution < 1.29 is 9.47 Å². The van der Waals surface area contributed by atoms with Crippen LogP contribution in [0, 0.1) is 0 Å². The average Bonchev–Trinajstić information content (AvgIpc) is 2.76. The van der Waals surface area contributed by atoms with Gasteiger partial charge in [0, 0.05) is 29.9 Å². The van der Waals surface area contributed by atoms with Crippen LogP contribution in [0.5, 0.6) is 0 Å². The molecule has 3 heterocycles. The van der Waals surface area contributed by atoms with E-state index in [2.05, 4.69) is 29.9 Å². The Hall–Kier alpha value is -2.81. The van der Waals surface area contributed by atoms with Crippen LogP contribution in [0.4, 0.5) is 0 Å². The van der Waals surface area contributed by atoms with Crippen LogP contribution in [0.15, 0.2) is 50.3 Å². The van der Waals surface area contributed by atoms with Crippen LogP contribution in [0.1, 0.15) is 22.8 Å². The second-order valence-corrected chi connectivity index (χ2v) is 6.92. The van der Waals surface area contributed by atoms with Gasteiger partial charge < -0.3 is 9.47 Å². The molecule has 1 aliphatic rings. The van der Waals surface area contributed by atoms with Gasteiger partial charge in [0.25, 0.3) is 0 Å². The largest absolute Gasteiger partial charge is 0.378 e. The molecule has 8 nitrogen and oxygen atoms in total. The minimum Gasteiger partial charge on any atom is -0.378 e. The second-order valence-electron chi connectivity index (χ2n) is 6.49. The first kappa shape index (κ1) is 22.9. The van der Waals surface area contributed by atoms with E-state index in [1.165, 1.54) is 0 Å². The maximum absolute atomic E-state index is 6.17. The fourth-order valence-electron chi connectivity index (χ4n) is 2.59. The SMILES string of the molecule is Clc1cc2nc(c1)C=NCCOCCN=Cc1cccc(n1)C=NCCOCCN=C2. The smallest absolute Gasteiger partial charge is 0.0830 e. The molecule has 9 heteroatoms. The Morgan fingerprint density at radius 2 is 0.968 bits per heavy atom. The van der Waals surface area contributed by atoms with Crippen molar-refractivity contribution >= 4 is 36.5 Å². The molecule has 2 aromatic rings. The van der Waals surface area contributed by atoms with E-state index in [-0.39, 0.29) is 0 Å². The summed E-state index contributed by atoms with van der Waals surface area (Å²) in [5.74, 6) is 0. The van der Waals surface area contributed by atoms with Crippen LogP contribution in [0.2, 0.25) is 5.02 Å². The molecule has 0 aromatic carbocycles. The molecule has 0 saturated carbocycles. The van der Waals surface area contributed by atoms with Crippen LogP contribution >= 0.6 is 11.6 Å². The first-order chi connectivity index (χ1) is 15.3. The van der Waals surface area contributed by atoms with E-state index in [0.717, 1.165) is 11.4 Å². The zero-order valence-corrected chi connectivity index (χ0v) is 18.0. The number of ether oxygens (including phenoxy) is 2. The molecule has 3 rings (SSSR count). The zero-order chi connectivity index (χ0) is 21.6. The lowest BCUT2D eigenvalue weighted by Crippen LogP contribution is -2.05. The third kappa shape index (κ3) is 9.25. The fraction of sp³-hybridized carbons (Fsp3) is 0.364. The maximum Gasteiger partial charge on any atom is 0.0830 e. The summed E-state index contributed by atoms with van der Waals surface area (Å²) < 4.78 is 11.1. The van der Waals surface area contributed by atoms with Crippen molar-refractivity contribution in [2.75, 3.05) is 52.6 Å². The van der Waals surface area contributed by atoms with Gasteiger partial charge in [-0.25, -0.2) is 9.97 Å². The summed E-state index contributed by atoms with van der Waals surface area (Å²) in [5, 5.41) is 0.585. The number of rotatable bonds is 0. The van der Waals surface area contributed by atoms with Gasteiger partial charge in [0.2, 0.25) is 0 Å². The maximum atomic E-state index is 6.17. The molecule has 0 aliphatic carbocycles. The molecule has 0 saturated heterocycles. The predicted octanol–water partition coefficient (Wildman–Crippen LogP) is 2.55. The third-order valence-electron chi connectivity index (χ3n) is 3.98. The molecule has 2 aromatic heterocycles. The van der Waals surface area contributed by atoms with Gasteiger partial charge in [-0.3, -0.25) is 20.0 Å². The lowest BCUT2D eigenvalue weighted by molar-refractivity contribution is 0.150. The highest BCUT2D eigenvalue weighted by atomic mass is 35.5. The van der Waals surface area contributed by atoms with Crippen LogP contribution < -0.4 is 0 Å². The molecule has 0 N–H and O–H groups in total. The minimum atomic E-state index is 0.505. The van der Waals surface area contributed by atoms with Gasteiger partial charge in [0.05, 0.1) is 75.4 Å². The van der Waals surface area contributed by atoms with Crippen molar-refractivity contribution in [2.45, 2.75) is 0 Å². The Morgan fingerprint density at radius 1 is 0.581 bits per heavy atom. The van der Waals surface area contributed by atoms with Crippen LogP contribution in [-0.2, 0) is 9.47 Å². The standard InChI is InChI=1S/C22H25ClN6O2/c23-18-12-21-16-26-6-10-30-8-4-24-14-19-2-1-3-20(28-19)15-25-5-9-31-11-7-27-17-22(13-18)29-21/h1-3,12-17H,4-11H2. The Morgan fingerprint density at radius 3 is 1.42 bits per heavy atom. The summed E-state index contributed by atoms with van der Waals surface area (Å²) in [7, 11) is 0. The topological polar surface area (TPSA) is 93.7 Å². The Balaban J connectivity index is 1.61. The first-order valence-corrected chi connectivity index (χ1v) is 10.5. The first-order valence-electron chi connectivity index (χ1n) is 10.1. The lowest BCUT2D eigenvalue weighted by Gasteiger charge is -2.01. The molecule has 1 aliphatic heterocycles. The second kappa shape index (κ2) is 13.5. The lowest BCUT2D eigenvalue weighted by atomic mass is 10.3. The molecule has 0 unspecified atom stereocenters. The Labute approximate surface area is 186 Å². The van der Waals surface area contributed by atoms with Gasteiger partial charge in [0.15, 0.2) is 0 Å². The van der Waals surface area contributed by atoms with E-state index < -0.39 is 0 Å². The number of aromatic nitrogens is 2. The number of hydrogen-bond donors (Lipinski definition) is 0. The van der Waals surface area contributed by atoms with Crippen molar-refractivity contribution in [2.24, 2.45) is 20.0 Å². The van der Waals surface area contributed by atoms with Crippen LogP contribution in [0.3, 0.4) is 0 Å². The molecular weight excluding hydrogens is 416 g/mol. The van der Waals surface area contributed by atoms with Crippen molar-refractivity contribution in [3.8, 4) is 0 Å². The summed E-state index contributed by atoms with van der Waals surface area (Å²) in [5.41, 5.74) is 2.92. The van der Waals surface area contributed by atoms with Gasteiger partial charge in [-0.1, -0.05) is 17.7 Å². The summed E-state index contributed by atoms with van der Waals surface area (Å²) in [6.07, 6.45) is 6.85. The summed E-state index contributed by atoms with van der Waals surface area (Å²) in [6, 6.07) is 9.25. The molecule has 4 bridgehead atoms. The number of halogens is 1. The number of hydrogen-bond acceptors (Lipinski definition) is 8. The molecule has 0 fully saturated rings. The number of nitrogens with zero attached hydrogens (tertiary/aromatic N) is 6.